The molecule has 0 saturated heterocycles. The second-order valence-corrected chi connectivity index (χ2v) is 6.00. The molecule has 0 aliphatic carbocycles. The van der Waals surface area contributed by atoms with Gasteiger partial charge in [0, 0.05) is 5.41 Å². The van der Waals surface area contributed by atoms with Crippen LogP contribution in [0, 0.1) is 22.2 Å². The summed E-state index contributed by atoms with van der Waals surface area (Å²) < 4.78 is 0. The van der Waals surface area contributed by atoms with Crippen LogP contribution in [0.15, 0.2) is 0 Å². The Morgan fingerprint density at radius 1 is 1.00 bits per heavy atom. The summed E-state index contributed by atoms with van der Waals surface area (Å²) in [5.74, 6) is -0.336. The maximum atomic E-state index is 12.2. The summed E-state index contributed by atoms with van der Waals surface area (Å²) in [6.07, 6.45) is 0. The molecule has 4 heteroatoms. The van der Waals surface area contributed by atoms with E-state index in [1.807, 2.05) is 6.07 Å². The Bertz CT molecular complexity index is 373. The van der Waals surface area contributed by atoms with Crippen LogP contribution in [0.4, 0.5) is 0 Å². The highest BCUT2D eigenvalue weighted by atomic mass is 16.2. The van der Waals surface area contributed by atoms with Gasteiger partial charge >= 0.3 is 0 Å². The molecule has 0 atom stereocenters. The van der Waals surface area contributed by atoms with Crippen molar-refractivity contribution in [3.8, 4) is 6.07 Å². The van der Waals surface area contributed by atoms with E-state index in [0.29, 0.717) is 0 Å². The van der Waals surface area contributed by atoms with Crippen molar-refractivity contribution in [1.29, 1.82) is 5.26 Å². The number of rotatable bonds is 4. The van der Waals surface area contributed by atoms with E-state index in [1.165, 1.54) is 6.92 Å². The highest BCUT2D eigenvalue weighted by Gasteiger charge is 2.47. The zero-order valence-corrected chi connectivity index (χ0v) is 11.8. The third kappa shape index (κ3) is 3.06. The molecule has 0 aliphatic heterocycles. The van der Waals surface area contributed by atoms with Crippen LogP contribution in [0.1, 0.15) is 48.5 Å². The predicted molar refractivity (Wildman–Crippen MR) is 66.1 cm³/mol. The lowest BCUT2D eigenvalue weighted by molar-refractivity contribution is -0.145. The molecule has 0 aliphatic rings. The third-order valence-electron chi connectivity index (χ3n) is 3.72. The lowest BCUT2D eigenvalue weighted by atomic mass is 9.65. The van der Waals surface area contributed by atoms with Gasteiger partial charge in [-0.15, -0.1) is 0 Å². The Kier molecular flexibility index (Phi) is 4.12. The number of carbonyl (C=O) groups excluding carboxylic acids is 2. The summed E-state index contributed by atoms with van der Waals surface area (Å²) >= 11 is 0. The van der Waals surface area contributed by atoms with E-state index in [0.717, 1.165) is 0 Å². The second-order valence-electron chi connectivity index (χ2n) is 6.00. The number of amides is 1. The Balaban J connectivity index is 5.17. The summed E-state index contributed by atoms with van der Waals surface area (Å²) in [7, 11) is 0. The molecule has 96 valence electrons. The standard InChI is InChI=1S/C13H22N2O2/c1-9(16)12(4,5)13(6,7)10(17)15-11(2,3)8-14/h1-7H3,(H,15,17). The second kappa shape index (κ2) is 4.48. The van der Waals surface area contributed by atoms with Crippen molar-refractivity contribution in [2.75, 3.05) is 0 Å². The van der Waals surface area contributed by atoms with Crippen LogP contribution in [0.2, 0.25) is 0 Å². The van der Waals surface area contributed by atoms with E-state index in [-0.39, 0.29) is 11.7 Å². The zero-order valence-electron chi connectivity index (χ0n) is 11.8. The van der Waals surface area contributed by atoms with Crippen molar-refractivity contribution >= 4 is 11.7 Å². The SMILES string of the molecule is CC(=O)C(C)(C)C(C)(C)C(=O)NC(C)(C)C#N. The molecule has 0 rings (SSSR count). The Morgan fingerprint density at radius 2 is 1.41 bits per heavy atom. The Morgan fingerprint density at radius 3 is 1.71 bits per heavy atom. The highest BCUT2D eigenvalue weighted by molar-refractivity contribution is 5.92. The van der Waals surface area contributed by atoms with Crippen molar-refractivity contribution in [3.05, 3.63) is 0 Å². The fourth-order valence-corrected chi connectivity index (χ4v) is 1.19. The molecule has 1 N–H and O–H groups in total. The van der Waals surface area contributed by atoms with Gasteiger partial charge in [0.25, 0.3) is 0 Å². The Hall–Kier alpha value is -1.37. The average molecular weight is 238 g/mol. The van der Waals surface area contributed by atoms with Crippen LogP contribution in [0.3, 0.4) is 0 Å². The molecule has 17 heavy (non-hydrogen) atoms. The fraction of sp³-hybridized carbons (Fsp3) is 0.769. The van der Waals surface area contributed by atoms with Gasteiger partial charge < -0.3 is 5.32 Å². The molecule has 0 radical (unpaired) electrons. The molecule has 1 amide bonds. The molecule has 0 heterocycles. The van der Waals surface area contributed by atoms with Gasteiger partial charge in [-0.1, -0.05) is 27.7 Å². The fourth-order valence-electron chi connectivity index (χ4n) is 1.19. The molecule has 4 nitrogen and oxygen atoms in total. The van der Waals surface area contributed by atoms with E-state index < -0.39 is 16.4 Å². The zero-order chi connectivity index (χ0) is 14.1. The first-order valence-corrected chi connectivity index (χ1v) is 5.63. The monoisotopic (exact) mass is 238 g/mol. The van der Waals surface area contributed by atoms with Crippen LogP contribution < -0.4 is 5.32 Å². The largest absolute Gasteiger partial charge is 0.338 e. The van der Waals surface area contributed by atoms with Crippen LogP contribution in [-0.2, 0) is 9.59 Å². The van der Waals surface area contributed by atoms with Crippen LogP contribution in [-0.4, -0.2) is 17.2 Å². The van der Waals surface area contributed by atoms with Crippen LogP contribution >= 0.6 is 0 Å². The number of nitrogens with one attached hydrogen (secondary N) is 1. The average Bonchev–Trinajstić information content (AvgIpc) is 2.16. The lowest BCUT2D eigenvalue weighted by Crippen LogP contribution is -2.54. The van der Waals surface area contributed by atoms with E-state index in [1.54, 1.807) is 41.5 Å². The first-order valence-electron chi connectivity index (χ1n) is 5.63. The summed E-state index contributed by atoms with van der Waals surface area (Å²) in [5.41, 5.74) is -2.57. The third-order valence-corrected chi connectivity index (χ3v) is 3.72. The minimum absolute atomic E-state index is 0.0487. The maximum Gasteiger partial charge on any atom is 0.227 e. The minimum Gasteiger partial charge on any atom is -0.338 e. The van der Waals surface area contributed by atoms with Gasteiger partial charge in [-0.2, -0.15) is 5.26 Å². The normalized spacial score (nSPS) is 12.8. The first-order chi connectivity index (χ1) is 7.38. The number of ketones is 1. The molecule has 0 aromatic heterocycles. The van der Waals surface area contributed by atoms with Gasteiger partial charge in [-0.05, 0) is 20.8 Å². The first kappa shape index (κ1) is 15.6. The van der Waals surface area contributed by atoms with Gasteiger partial charge in [0.2, 0.25) is 5.91 Å². The van der Waals surface area contributed by atoms with Crippen molar-refractivity contribution in [3.63, 3.8) is 0 Å². The number of Topliss-reactive ketones (excluding diaryl/α,β-unsaturated/α-hetero) is 1. The molecule has 0 unspecified atom stereocenters. The summed E-state index contributed by atoms with van der Waals surface area (Å²) in [5, 5.41) is 11.5. The van der Waals surface area contributed by atoms with Crippen molar-refractivity contribution < 1.29 is 9.59 Å². The summed E-state index contributed by atoms with van der Waals surface area (Å²) in [6, 6.07) is 2.01. The van der Waals surface area contributed by atoms with Gasteiger partial charge in [0.1, 0.15) is 11.3 Å². The number of nitrogens with zero attached hydrogens (tertiary/aromatic N) is 1. The molecular formula is C13H22N2O2. The molecule has 0 fully saturated rings. The van der Waals surface area contributed by atoms with Crippen molar-refractivity contribution in [1.82, 2.24) is 5.32 Å². The number of hydrogen-bond acceptors (Lipinski definition) is 3. The van der Waals surface area contributed by atoms with E-state index in [4.69, 9.17) is 5.26 Å². The van der Waals surface area contributed by atoms with Crippen molar-refractivity contribution in [2.45, 2.75) is 54.0 Å². The van der Waals surface area contributed by atoms with Gasteiger partial charge in [0.15, 0.2) is 0 Å². The smallest absolute Gasteiger partial charge is 0.227 e. The van der Waals surface area contributed by atoms with Gasteiger partial charge in [-0.25, -0.2) is 0 Å². The Labute approximate surface area is 103 Å². The molecule has 0 aromatic rings. The molecule has 0 saturated carbocycles. The van der Waals surface area contributed by atoms with Gasteiger partial charge in [0.05, 0.1) is 11.5 Å². The highest BCUT2D eigenvalue weighted by Crippen LogP contribution is 2.39. The molecule has 0 bridgehead atoms. The van der Waals surface area contributed by atoms with Gasteiger partial charge in [-0.3, -0.25) is 9.59 Å². The minimum atomic E-state index is -0.929. The predicted octanol–water partition coefficient (Wildman–Crippen LogP) is 2.05. The molecule has 0 aromatic carbocycles. The van der Waals surface area contributed by atoms with Crippen molar-refractivity contribution in [2.24, 2.45) is 10.8 Å². The molecular weight excluding hydrogens is 216 g/mol. The number of hydrogen-bond donors (Lipinski definition) is 1. The summed E-state index contributed by atoms with van der Waals surface area (Å²) in [4.78, 5) is 23.8. The van der Waals surface area contributed by atoms with Crippen LogP contribution in [0.25, 0.3) is 0 Å². The van der Waals surface area contributed by atoms with Crippen LogP contribution in [0.5, 0.6) is 0 Å². The maximum absolute atomic E-state index is 12.2. The summed E-state index contributed by atoms with van der Waals surface area (Å²) in [6.45, 7) is 11.7. The van der Waals surface area contributed by atoms with E-state index in [2.05, 4.69) is 5.32 Å². The number of nitriles is 1. The lowest BCUT2D eigenvalue weighted by Gasteiger charge is -2.39. The number of carbonyl (C=O) groups is 2. The van der Waals surface area contributed by atoms with E-state index in [9.17, 15) is 9.59 Å². The topological polar surface area (TPSA) is 70.0 Å². The molecule has 0 spiro atoms. The van der Waals surface area contributed by atoms with E-state index >= 15 is 0 Å². The quantitative estimate of drug-likeness (QED) is 0.814.